The Bertz CT molecular complexity index is 2750. The molecule has 0 aliphatic heterocycles. The van der Waals surface area contributed by atoms with Crippen LogP contribution in [0.5, 0.6) is 0 Å². The molecule has 10 aromatic rings. The van der Waals surface area contributed by atoms with Crippen molar-refractivity contribution in [3.8, 4) is 33.6 Å². The van der Waals surface area contributed by atoms with Crippen LogP contribution < -0.4 is 0 Å². The summed E-state index contributed by atoms with van der Waals surface area (Å²) in [5, 5.41) is 7.52. The van der Waals surface area contributed by atoms with Crippen LogP contribution in [0.4, 0.5) is 0 Å². The zero-order valence-corrected chi connectivity index (χ0v) is 26.2. The van der Waals surface area contributed by atoms with E-state index in [1.807, 2.05) is 0 Å². The number of benzene rings is 8. The molecule has 0 aliphatic rings. The van der Waals surface area contributed by atoms with Crippen LogP contribution in [0.15, 0.2) is 182 Å². The van der Waals surface area contributed by atoms with Crippen LogP contribution in [-0.2, 0) is 0 Å². The molecule has 10 rings (SSSR count). The second-order valence-electron chi connectivity index (χ2n) is 12.6. The largest absolute Gasteiger partial charge is 0.309 e. The van der Waals surface area contributed by atoms with Crippen LogP contribution in [-0.4, -0.2) is 9.13 Å². The van der Waals surface area contributed by atoms with Crippen molar-refractivity contribution in [1.82, 2.24) is 9.13 Å². The molecule has 48 heavy (non-hydrogen) atoms. The van der Waals surface area contributed by atoms with E-state index in [1.165, 1.54) is 82.3 Å². The Labute approximate surface area is 278 Å². The number of rotatable bonds is 4. The van der Waals surface area contributed by atoms with Gasteiger partial charge in [0.15, 0.2) is 0 Å². The standard InChI is InChI=1S/C46H30N2/c1-4-14-31(15-5-1)34-26-35(32-16-6-2-7-17-32)28-37(27-34)47-43-22-12-11-21-39(43)42-29-33-24-25-40-38-20-10-13-23-44(38)48(36-18-8-3-9-19-36)46(40)41(33)30-45(42)47/h1-30H. The third-order valence-electron chi connectivity index (χ3n) is 9.85. The van der Waals surface area contributed by atoms with Crippen LogP contribution in [0.3, 0.4) is 0 Å². The Balaban J connectivity index is 1.34. The Morgan fingerprint density at radius 1 is 0.271 bits per heavy atom. The summed E-state index contributed by atoms with van der Waals surface area (Å²) in [4.78, 5) is 0. The monoisotopic (exact) mass is 610 g/mol. The molecule has 0 fully saturated rings. The van der Waals surface area contributed by atoms with E-state index in [-0.39, 0.29) is 0 Å². The molecule has 0 aliphatic carbocycles. The van der Waals surface area contributed by atoms with Gasteiger partial charge in [-0.25, -0.2) is 0 Å². The Morgan fingerprint density at radius 2 is 0.812 bits per heavy atom. The number of hydrogen-bond donors (Lipinski definition) is 0. The van der Waals surface area contributed by atoms with Gasteiger partial charge in [-0.15, -0.1) is 0 Å². The molecule has 2 heterocycles. The summed E-state index contributed by atoms with van der Waals surface area (Å²) < 4.78 is 4.91. The molecule has 0 saturated heterocycles. The summed E-state index contributed by atoms with van der Waals surface area (Å²) in [6.45, 7) is 0. The lowest BCUT2D eigenvalue weighted by atomic mass is 9.98. The predicted molar refractivity (Wildman–Crippen MR) is 203 cm³/mol. The Kier molecular flexibility index (Phi) is 5.91. The molecular formula is C46H30N2. The maximum Gasteiger partial charge on any atom is 0.0620 e. The van der Waals surface area contributed by atoms with Gasteiger partial charge in [0, 0.05) is 38.3 Å². The average molecular weight is 611 g/mol. The van der Waals surface area contributed by atoms with Crippen molar-refractivity contribution in [2.75, 3.05) is 0 Å². The first kappa shape index (κ1) is 26.8. The minimum Gasteiger partial charge on any atom is -0.309 e. The maximum atomic E-state index is 2.47. The van der Waals surface area contributed by atoms with Gasteiger partial charge in [0.2, 0.25) is 0 Å². The van der Waals surface area contributed by atoms with Gasteiger partial charge in [-0.1, -0.05) is 127 Å². The smallest absolute Gasteiger partial charge is 0.0620 e. The SMILES string of the molecule is c1ccc(-c2cc(-c3ccccc3)cc(-n3c4ccccc4c4cc5ccc6c7ccccc7n(-c7ccccc7)c6c5cc43)c2)cc1. The number of nitrogens with zero attached hydrogens (tertiary/aromatic N) is 2. The third-order valence-corrected chi connectivity index (χ3v) is 9.85. The van der Waals surface area contributed by atoms with E-state index >= 15 is 0 Å². The van der Waals surface area contributed by atoms with E-state index in [1.54, 1.807) is 0 Å². The van der Waals surface area contributed by atoms with Crippen molar-refractivity contribution < 1.29 is 0 Å². The summed E-state index contributed by atoms with van der Waals surface area (Å²) in [5.41, 5.74) is 12.0. The predicted octanol–water partition coefficient (Wildman–Crippen LogP) is 12.4. The summed E-state index contributed by atoms with van der Waals surface area (Å²) in [7, 11) is 0. The zero-order chi connectivity index (χ0) is 31.6. The highest BCUT2D eigenvalue weighted by atomic mass is 15.0. The minimum absolute atomic E-state index is 1.15. The second kappa shape index (κ2) is 10.6. The van der Waals surface area contributed by atoms with Gasteiger partial charge in [0.1, 0.15) is 0 Å². The lowest BCUT2D eigenvalue weighted by Crippen LogP contribution is -1.97. The fourth-order valence-corrected chi connectivity index (χ4v) is 7.71. The van der Waals surface area contributed by atoms with E-state index < -0.39 is 0 Å². The molecule has 0 saturated carbocycles. The molecule has 0 unspecified atom stereocenters. The molecule has 0 amide bonds. The van der Waals surface area contributed by atoms with Crippen molar-refractivity contribution in [2.45, 2.75) is 0 Å². The lowest BCUT2D eigenvalue weighted by molar-refractivity contribution is 1.18. The molecule has 2 heteroatoms. The third kappa shape index (κ3) is 4.06. The molecule has 0 radical (unpaired) electrons. The average Bonchev–Trinajstić information content (AvgIpc) is 3.67. The number of hydrogen-bond acceptors (Lipinski definition) is 0. The molecule has 2 aromatic heterocycles. The van der Waals surface area contributed by atoms with Crippen molar-refractivity contribution in [3.63, 3.8) is 0 Å². The van der Waals surface area contributed by atoms with Crippen LogP contribution in [0.1, 0.15) is 0 Å². The lowest BCUT2D eigenvalue weighted by Gasteiger charge is -2.15. The van der Waals surface area contributed by atoms with Crippen LogP contribution >= 0.6 is 0 Å². The molecule has 8 aromatic carbocycles. The first-order valence-electron chi connectivity index (χ1n) is 16.5. The molecule has 2 nitrogen and oxygen atoms in total. The zero-order valence-electron chi connectivity index (χ0n) is 26.2. The molecule has 224 valence electrons. The van der Waals surface area contributed by atoms with Gasteiger partial charge >= 0.3 is 0 Å². The molecule has 0 bridgehead atoms. The van der Waals surface area contributed by atoms with Gasteiger partial charge in [-0.05, 0) is 82.2 Å². The quantitative estimate of drug-likeness (QED) is 0.188. The summed E-state index contributed by atoms with van der Waals surface area (Å²) in [6, 6.07) is 66.3. The highest BCUT2D eigenvalue weighted by Gasteiger charge is 2.19. The Hall–Kier alpha value is -6.38. The first-order chi connectivity index (χ1) is 23.8. The van der Waals surface area contributed by atoms with Gasteiger partial charge in [0.05, 0.1) is 22.1 Å². The Morgan fingerprint density at radius 3 is 1.46 bits per heavy atom. The minimum atomic E-state index is 1.15. The van der Waals surface area contributed by atoms with Crippen LogP contribution in [0, 0.1) is 0 Å². The van der Waals surface area contributed by atoms with E-state index in [0.717, 1.165) is 5.69 Å². The molecule has 0 N–H and O–H groups in total. The second-order valence-corrected chi connectivity index (χ2v) is 12.6. The number of fused-ring (bicyclic) bond motifs is 8. The normalized spacial score (nSPS) is 11.8. The van der Waals surface area contributed by atoms with Crippen LogP contribution in [0.2, 0.25) is 0 Å². The van der Waals surface area contributed by atoms with Crippen molar-refractivity contribution >= 4 is 54.4 Å². The van der Waals surface area contributed by atoms with Gasteiger partial charge < -0.3 is 9.13 Å². The van der Waals surface area contributed by atoms with Gasteiger partial charge in [-0.3, -0.25) is 0 Å². The van der Waals surface area contributed by atoms with E-state index in [4.69, 9.17) is 0 Å². The van der Waals surface area contributed by atoms with E-state index in [9.17, 15) is 0 Å². The highest BCUT2D eigenvalue weighted by Crippen LogP contribution is 2.41. The van der Waals surface area contributed by atoms with Gasteiger partial charge in [0.25, 0.3) is 0 Å². The summed E-state index contributed by atoms with van der Waals surface area (Å²) in [6.07, 6.45) is 0. The highest BCUT2D eigenvalue weighted by molar-refractivity contribution is 6.22. The van der Waals surface area contributed by atoms with E-state index in [0.29, 0.717) is 0 Å². The molecular weight excluding hydrogens is 581 g/mol. The topological polar surface area (TPSA) is 9.86 Å². The fourth-order valence-electron chi connectivity index (χ4n) is 7.71. The number of aromatic nitrogens is 2. The van der Waals surface area contributed by atoms with Gasteiger partial charge in [-0.2, -0.15) is 0 Å². The van der Waals surface area contributed by atoms with Crippen molar-refractivity contribution in [2.24, 2.45) is 0 Å². The van der Waals surface area contributed by atoms with Crippen LogP contribution in [0.25, 0.3) is 88.0 Å². The molecule has 0 atom stereocenters. The van der Waals surface area contributed by atoms with Crippen molar-refractivity contribution in [1.29, 1.82) is 0 Å². The van der Waals surface area contributed by atoms with Crippen molar-refractivity contribution in [3.05, 3.63) is 182 Å². The van der Waals surface area contributed by atoms with E-state index in [2.05, 4.69) is 191 Å². The molecule has 0 spiro atoms. The first-order valence-corrected chi connectivity index (χ1v) is 16.5. The summed E-state index contributed by atoms with van der Waals surface area (Å²) in [5.74, 6) is 0. The maximum absolute atomic E-state index is 2.47. The summed E-state index contributed by atoms with van der Waals surface area (Å²) >= 11 is 0. The number of para-hydroxylation sites is 3. The fraction of sp³-hybridized carbons (Fsp3) is 0.